The van der Waals surface area contributed by atoms with Crippen LogP contribution in [0.15, 0.2) is 28.5 Å². The van der Waals surface area contributed by atoms with E-state index in [1.807, 2.05) is 19.0 Å². The molecule has 96 valence electrons. The van der Waals surface area contributed by atoms with Gasteiger partial charge < -0.3 is 10.2 Å². The van der Waals surface area contributed by atoms with Crippen molar-refractivity contribution < 1.29 is 4.79 Å². The van der Waals surface area contributed by atoms with Gasteiger partial charge in [0.1, 0.15) is 5.82 Å². The van der Waals surface area contributed by atoms with Gasteiger partial charge in [-0.2, -0.15) is 0 Å². The molecule has 0 radical (unpaired) electrons. The molecule has 1 amide bonds. The summed E-state index contributed by atoms with van der Waals surface area (Å²) in [4.78, 5) is 18.3. The van der Waals surface area contributed by atoms with Crippen LogP contribution in [0.25, 0.3) is 0 Å². The van der Waals surface area contributed by atoms with Crippen molar-refractivity contribution in [2.45, 2.75) is 13.3 Å². The number of rotatable bonds is 3. The van der Waals surface area contributed by atoms with E-state index in [4.69, 9.17) is 0 Å². The fourth-order valence-corrected chi connectivity index (χ4v) is 2.25. The van der Waals surface area contributed by atoms with Gasteiger partial charge in [0.2, 0.25) is 0 Å². The zero-order chi connectivity index (χ0) is 13.3. The zero-order valence-electron chi connectivity index (χ0n) is 10.7. The van der Waals surface area contributed by atoms with E-state index < -0.39 is 0 Å². The van der Waals surface area contributed by atoms with Gasteiger partial charge >= 0.3 is 0 Å². The van der Waals surface area contributed by atoms with Crippen LogP contribution in [0.5, 0.6) is 0 Å². The maximum atomic E-state index is 12.2. The van der Waals surface area contributed by atoms with Gasteiger partial charge in [-0.3, -0.25) is 4.79 Å². The van der Waals surface area contributed by atoms with Crippen LogP contribution >= 0.6 is 15.9 Å². The summed E-state index contributed by atoms with van der Waals surface area (Å²) < 4.78 is 0.800. The molecule has 0 aliphatic heterocycles. The highest BCUT2D eigenvalue weighted by atomic mass is 79.9. The second kappa shape index (κ2) is 5.10. The fourth-order valence-electron chi connectivity index (χ4n) is 1.92. The molecule has 1 aliphatic rings. The Labute approximate surface area is 115 Å². The highest BCUT2D eigenvalue weighted by molar-refractivity contribution is 9.10. The van der Waals surface area contributed by atoms with Crippen molar-refractivity contribution in [2.75, 3.05) is 19.0 Å². The number of hydrogen-bond donors (Lipinski definition) is 1. The summed E-state index contributed by atoms with van der Waals surface area (Å²) in [5, 5.41) is 2.92. The third-order valence-corrected chi connectivity index (χ3v) is 3.24. The molecular formula is C13H16BrN3O. The number of anilines is 1. The average molecular weight is 310 g/mol. The van der Waals surface area contributed by atoms with Crippen molar-refractivity contribution in [2.24, 2.45) is 5.92 Å². The van der Waals surface area contributed by atoms with Crippen LogP contribution < -0.4 is 10.2 Å². The van der Waals surface area contributed by atoms with E-state index in [0.29, 0.717) is 17.3 Å². The van der Waals surface area contributed by atoms with E-state index in [0.717, 1.165) is 16.6 Å². The maximum absolute atomic E-state index is 12.2. The number of allylic oxidation sites excluding steroid dienone is 2. The van der Waals surface area contributed by atoms with Gasteiger partial charge in [-0.1, -0.05) is 13.0 Å². The first-order valence-electron chi connectivity index (χ1n) is 5.82. The Morgan fingerprint density at radius 1 is 1.56 bits per heavy atom. The van der Waals surface area contributed by atoms with Gasteiger partial charge in [0.05, 0.1) is 5.56 Å². The molecule has 1 atom stereocenters. The summed E-state index contributed by atoms with van der Waals surface area (Å²) in [6.45, 7) is 2.13. The number of carbonyl (C=O) groups excluding carboxylic acids is 1. The molecule has 5 heteroatoms. The molecule has 1 aliphatic carbocycles. The lowest BCUT2D eigenvalue weighted by Gasteiger charge is -2.23. The number of amides is 1. The van der Waals surface area contributed by atoms with Crippen molar-refractivity contribution >= 4 is 27.7 Å². The van der Waals surface area contributed by atoms with Crippen molar-refractivity contribution in [3.05, 3.63) is 34.1 Å². The number of nitrogens with zero attached hydrogens (tertiary/aromatic N) is 2. The first-order valence-corrected chi connectivity index (χ1v) is 6.61. The average Bonchev–Trinajstić information content (AvgIpc) is 2.26. The second-order valence-electron chi connectivity index (χ2n) is 4.75. The van der Waals surface area contributed by atoms with Crippen molar-refractivity contribution in [3.63, 3.8) is 0 Å². The minimum absolute atomic E-state index is 0.106. The minimum atomic E-state index is -0.106. The number of hydrogen-bond acceptors (Lipinski definition) is 3. The van der Waals surface area contributed by atoms with Crippen LogP contribution in [0.4, 0.5) is 5.82 Å². The molecule has 0 fully saturated rings. The number of halogens is 1. The van der Waals surface area contributed by atoms with Gasteiger partial charge in [0.15, 0.2) is 0 Å². The summed E-state index contributed by atoms with van der Waals surface area (Å²) in [7, 11) is 3.75. The van der Waals surface area contributed by atoms with Crippen molar-refractivity contribution in [1.82, 2.24) is 10.3 Å². The van der Waals surface area contributed by atoms with Crippen molar-refractivity contribution in [3.8, 4) is 0 Å². The summed E-state index contributed by atoms with van der Waals surface area (Å²) in [5.41, 5.74) is 1.58. The molecule has 1 aromatic rings. The highest BCUT2D eigenvalue weighted by Gasteiger charge is 2.20. The molecule has 2 rings (SSSR count). The highest BCUT2D eigenvalue weighted by Crippen LogP contribution is 2.25. The van der Waals surface area contributed by atoms with Gasteiger partial charge in [0, 0.05) is 30.5 Å². The molecule has 1 aromatic heterocycles. The molecule has 4 nitrogen and oxygen atoms in total. The molecular weight excluding hydrogens is 294 g/mol. The number of aromatic nitrogens is 1. The topological polar surface area (TPSA) is 45.2 Å². The molecule has 1 heterocycles. The van der Waals surface area contributed by atoms with Crippen LogP contribution in [-0.2, 0) is 0 Å². The lowest BCUT2D eigenvalue weighted by atomic mass is 9.93. The predicted molar refractivity (Wildman–Crippen MR) is 75.6 cm³/mol. The summed E-state index contributed by atoms with van der Waals surface area (Å²) >= 11 is 3.34. The molecule has 0 bridgehead atoms. The van der Waals surface area contributed by atoms with Crippen LogP contribution in [0.3, 0.4) is 0 Å². The Bertz CT molecular complexity index is 511. The SMILES string of the molecule is CC1C=C(NC(=O)c2cc(Br)cnc2N(C)C)C1. The summed E-state index contributed by atoms with van der Waals surface area (Å²) in [6, 6.07) is 1.79. The van der Waals surface area contributed by atoms with E-state index in [-0.39, 0.29) is 5.91 Å². The minimum Gasteiger partial charge on any atom is -0.362 e. The van der Waals surface area contributed by atoms with Gasteiger partial charge in [-0.05, 0) is 34.3 Å². The number of pyridine rings is 1. The van der Waals surface area contributed by atoms with Crippen LogP contribution in [0, 0.1) is 5.92 Å². The second-order valence-corrected chi connectivity index (χ2v) is 5.66. The van der Waals surface area contributed by atoms with Gasteiger partial charge in [0.25, 0.3) is 5.91 Å². The summed E-state index contributed by atoms with van der Waals surface area (Å²) in [6.07, 6.45) is 4.69. The van der Waals surface area contributed by atoms with E-state index in [1.165, 1.54) is 0 Å². The first kappa shape index (κ1) is 13.1. The molecule has 0 spiro atoms. The van der Waals surface area contributed by atoms with Crippen LogP contribution in [0.1, 0.15) is 23.7 Å². The fraction of sp³-hybridized carbons (Fsp3) is 0.385. The molecule has 0 saturated heterocycles. The number of carbonyl (C=O) groups is 1. The zero-order valence-corrected chi connectivity index (χ0v) is 12.3. The standard InChI is InChI=1S/C13H16BrN3O/c1-8-4-10(5-8)16-13(18)11-6-9(14)7-15-12(11)17(2)3/h4,6-8H,5H2,1-3H3,(H,16,18). The first-order chi connectivity index (χ1) is 8.47. The van der Waals surface area contributed by atoms with Gasteiger partial charge in [-0.25, -0.2) is 4.98 Å². The van der Waals surface area contributed by atoms with E-state index in [1.54, 1.807) is 12.3 Å². The summed E-state index contributed by atoms with van der Waals surface area (Å²) in [5.74, 6) is 1.13. The Kier molecular flexibility index (Phi) is 3.71. The maximum Gasteiger partial charge on any atom is 0.259 e. The Morgan fingerprint density at radius 3 is 2.78 bits per heavy atom. The quantitative estimate of drug-likeness (QED) is 0.933. The van der Waals surface area contributed by atoms with E-state index in [2.05, 4.69) is 39.2 Å². The normalized spacial score (nSPS) is 17.8. The molecule has 1 unspecified atom stereocenters. The predicted octanol–water partition coefficient (Wildman–Crippen LogP) is 2.56. The molecule has 18 heavy (non-hydrogen) atoms. The third-order valence-electron chi connectivity index (χ3n) is 2.80. The Morgan fingerprint density at radius 2 is 2.22 bits per heavy atom. The monoisotopic (exact) mass is 309 g/mol. The Hall–Kier alpha value is -1.36. The van der Waals surface area contributed by atoms with Crippen LogP contribution in [0.2, 0.25) is 0 Å². The number of nitrogens with one attached hydrogen (secondary N) is 1. The largest absolute Gasteiger partial charge is 0.362 e. The molecule has 1 N–H and O–H groups in total. The lowest BCUT2D eigenvalue weighted by molar-refractivity contribution is 0.0962. The lowest BCUT2D eigenvalue weighted by Crippen LogP contribution is -2.29. The molecule has 0 aromatic carbocycles. The van der Waals surface area contributed by atoms with E-state index >= 15 is 0 Å². The van der Waals surface area contributed by atoms with Crippen LogP contribution in [-0.4, -0.2) is 25.0 Å². The Balaban J connectivity index is 2.23. The van der Waals surface area contributed by atoms with Crippen molar-refractivity contribution in [1.29, 1.82) is 0 Å². The van der Waals surface area contributed by atoms with E-state index in [9.17, 15) is 4.79 Å². The molecule has 0 saturated carbocycles. The smallest absolute Gasteiger partial charge is 0.259 e. The van der Waals surface area contributed by atoms with Gasteiger partial charge in [-0.15, -0.1) is 0 Å². The third kappa shape index (κ3) is 2.72.